The van der Waals surface area contributed by atoms with Crippen LogP contribution in [-0.2, 0) is 13.0 Å². The molecule has 9 heteroatoms. The van der Waals surface area contributed by atoms with E-state index < -0.39 is 10.8 Å². The molecule has 9 nitrogen and oxygen atoms in total. The molecular weight excluding hydrogens is 396 g/mol. The molecule has 0 bridgehead atoms. The van der Waals surface area contributed by atoms with Gasteiger partial charge < -0.3 is 15.2 Å². The standard InChI is InChI=1S/C22H24N6O3/c1-2-23-18-12-9-16(14-19(18)28(30)31)22(29)24-17-10-7-15(8-11-17)21-26-25-20-6-4-3-5-13-27(20)21/h7-12,14,23H,2-6,13H2,1H3,(H,24,29). The van der Waals surface area contributed by atoms with Crippen molar-refractivity contribution in [1.29, 1.82) is 0 Å². The lowest BCUT2D eigenvalue weighted by Crippen LogP contribution is -2.13. The fourth-order valence-corrected chi connectivity index (χ4v) is 3.77. The van der Waals surface area contributed by atoms with Gasteiger partial charge >= 0.3 is 0 Å². The Hall–Kier alpha value is -3.75. The van der Waals surface area contributed by atoms with E-state index in [1.807, 2.05) is 19.1 Å². The minimum Gasteiger partial charge on any atom is -0.380 e. The van der Waals surface area contributed by atoms with Crippen LogP contribution in [0.1, 0.15) is 42.4 Å². The van der Waals surface area contributed by atoms with Crippen molar-refractivity contribution >= 4 is 23.0 Å². The zero-order valence-electron chi connectivity index (χ0n) is 17.3. The molecule has 0 atom stereocenters. The highest BCUT2D eigenvalue weighted by Crippen LogP contribution is 2.27. The van der Waals surface area contributed by atoms with E-state index in [0.717, 1.165) is 43.0 Å². The SMILES string of the molecule is CCNc1ccc(C(=O)Nc2ccc(-c3nnc4n3CCCCC4)cc2)cc1[N+](=O)[O-]. The summed E-state index contributed by atoms with van der Waals surface area (Å²) in [5.74, 6) is 1.45. The minimum atomic E-state index is -0.495. The number of carbonyl (C=O) groups excluding carboxylic acids is 1. The molecule has 0 spiro atoms. The summed E-state index contributed by atoms with van der Waals surface area (Å²) >= 11 is 0. The first kappa shape index (κ1) is 20.5. The maximum Gasteiger partial charge on any atom is 0.293 e. The first-order valence-corrected chi connectivity index (χ1v) is 10.4. The fraction of sp³-hybridized carbons (Fsp3) is 0.318. The maximum atomic E-state index is 12.6. The zero-order valence-corrected chi connectivity index (χ0v) is 17.3. The van der Waals surface area contributed by atoms with Crippen molar-refractivity contribution in [3.05, 3.63) is 64.0 Å². The average Bonchev–Trinajstić information content (AvgIpc) is 3.02. The van der Waals surface area contributed by atoms with Gasteiger partial charge in [-0.3, -0.25) is 14.9 Å². The number of nitro groups is 1. The van der Waals surface area contributed by atoms with Crippen molar-refractivity contribution in [3.63, 3.8) is 0 Å². The van der Waals surface area contributed by atoms with E-state index in [1.54, 1.807) is 24.3 Å². The van der Waals surface area contributed by atoms with Crippen molar-refractivity contribution in [2.45, 2.75) is 39.2 Å². The third kappa shape index (κ3) is 4.40. The largest absolute Gasteiger partial charge is 0.380 e. The summed E-state index contributed by atoms with van der Waals surface area (Å²) in [5, 5.41) is 25.7. The van der Waals surface area contributed by atoms with Gasteiger partial charge in [0.2, 0.25) is 0 Å². The van der Waals surface area contributed by atoms with Gasteiger partial charge in [-0.05, 0) is 56.2 Å². The summed E-state index contributed by atoms with van der Waals surface area (Å²) in [6.07, 6.45) is 4.39. The molecule has 160 valence electrons. The van der Waals surface area contributed by atoms with Gasteiger partial charge in [0.15, 0.2) is 5.82 Å². The van der Waals surface area contributed by atoms with Crippen molar-refractivity contribution in [1.82, 2.24) is 14.8 Å². The number of anilines is 2. The molecule has 0 fully saturated rings. The van der Waals surface area contributed by atoms with Crippen LogP contribution in [0.2, 0.25) is 0 Å². The number of aromatic nitrogens is 3. The lowest BCUT2D eigenvalue weighted by molar-refractivity contribution is -0.384. The summed E-state index contributed by atoms with van der Waals surface area (Å²) in [4.78, 5) is 23.4. The van der Waals surface area contributed by atoms with Gasteiger partial charge in [0.05, 0.1) is 4.92 Å². The highest BCUT2D eigenvalue weighted by Gasteiger charge is 2.18. The van der Waals surface area contributed by atoms with Crippen LogP contribution < -0.4 is 10.6 Å². The number of carbonyl (C=O) groups is 1. The van der Waals surface area contributed by atoms with E-state index in [0.29, 0.717) is 17.9 Å². The Kier molecular flexibility index (Phi) is 5.92. The Morgan fingerprint density at radius 1 is 1.13 bits per heavy atom. The first-order valence-electron chi connectivity index (χ1n) is 10.4. The van der Waals surface area contributed by atoms with Gasteiger partial charge in [-0.1, -0.05) is 6.42 Å². The van der Waals surface area contributed by atoms with Crippen molar-refractivity contribution < 1.29 is 9.72 Å². The predicted molar refractivity (Wildman–Crippen MR) is 118 cm³/mol. The number of fused-ring (bicyclic) bond motifs is 1. The van der Waals surface area contributed by atoms with E-state index >= 15 is 0 Å². The molecule has 0 aliphatic carbocycles. The number of nitrogens with zero attached hydrogens (tertiary/aromatic N) is 4. The third-order valence-electron chi connectivity index (χ3n) is 5.33. The number of benzene rings is 2. The monoisotopic (exact) mass is 420 g/mol. The van der Waals surface area contributed by atoms with Gasteiger partial charge in [-0.25, -0.2) is 0 Å². The molecule has 1 amide bonds. The smallest absolute Gasteiger partial charge is 0.293 e. The molecule has 0 saturated carbocycles. The van der Waals surface area contributed by atoms with Crippen LogP contribution in [0.5, 0.6) is 0 Å². The van der Waals surface area contributed by atoms with Crippen molar-refractivity contribution in [2.75, 3.05) is 17.2 Å². The normalized spacial score (nSPS) is 13.2. The third-order valence-corrected chi connectivity index (χ3v) is 5.33. The molecule has 0 saturated heterocycles. The molecule has 2 aromatic carbocycles. The molecule has 3 aromatic rings. The number of hydrogen-bond donors (Lipinski definition) is 2. The highest BCUT2D eigenvalue weighted by molar-refractivity contribution is 6.05. The number of rotatable bonds is 6. The van der Waals surface area contributed by atoms with E-state index in [4.69, 9.17) is 0 Å². The van der Waals surface area contributed by atoms with Gasteiger partial charge in [0, 0.05) is 42.4 Å². The molecule has 2 N–H and O–H groups in total. The van der Waals surface area contributed by atoms with E-state index in [-0.39, 0.29) is 11.3 Å². The Balaban J connectivity index is 1.51. The average molecular weight is 420 g/mol. The molecule has 1 aliphatic rings. The lowest BCUT2D eigenvalue weighted by atomic mass is 10.1. The molecular formula is C22H24N6O3. The summed E-state index contributed by atoms with van der Waals surface area (Å²) in [7, 11) is 0. The Bertz CT molecular complexity index is 1110. The van der Waals surface area contributed by atoms with Crippen LogP contribution in [0.15, 0.2) is 42.5 Å². The van der Waals surface area contributed by atoms with Crippen molar-refractivity contribution in [2.24, 2.45) is 0 Å². The molecule has 4 rings (SSSR count). The van der Waals surface area contributed by atoms with Crippen LogP contribution in [0.3, 0.4) is 0 Å². The lowest BCUT2D eigenvalue weighted by Gasteiger charge is -2.10. The number of aryl methyl sites for hydroxylation is 1. The fourth-order valence-electron chi connectivity index (χ4n) is 3.77. The zero-order chi connectivity index (χ0) is 21.8. The van der Waals surface area contributed by atoms with Crippen LogP contribution >= 0.6 is 0 Å². The van der Waals surface area contributed by atoms with E-state index in [9.17, 15) is 14.9 Å². The van der Waals surface area contributed by atoms with Gasteiger partial charge in [-0.15, -0.1) is 10.2 Å². The Morgan fingerprint density at radius 2 is 1.94 bits per heavy atom. The van der Waals surface area contributed by atoms with Crippen LogP contribution in [0.25, 0.3) is 11.4 Å². The molecule has 1 aromatic heterocycles. The first-order chi connectivity index (χ1) is 15.1. The number of hydrogen-bond acceptors (Lipinski definition) is 6. The molecule has 2 heterocycles. The summed E-state index contributed by atoms with van der Waals surface area (Å²) < 4.78 is 2.17. The minimum absolute atomic E-state index is 0.127. The van der Waals surface area contributed by atoms with Gasteiger partial charge in [-0.2, -0.15) is 0 Å². The highest BCUT2D eigenvalue weighted by atomic mass is 16.6. The van der Waals surface area contributed by atoms with Crippen molar-refractivity contribution in [3.8, 4) is 11.4 Å². The van der Waals surface area contributed by atoms with Crippen LogP contribution in [0.4, 0.5) is 17.1 Å². The number of nitro benzene ring substituents is 1. The van der Waals surface area contributed by atoms with Gasteiger partial charge in [0.25, 0.3) is 11.6 Å². The van der Waals surface area contributed by atoms with Gasteiger partial charge in [0.1, 0.15) is 11.5 Å². The second-order valence-corrected chi connectivity index (χ2v) is 7.45. The summed E-state index contributed by atoms with van der Waals surface area (Å²) in [6, 6.07) is 11.8. The summed E-state index contributed by atoms with van der Waals surface area (Å²) in [5.41, 5.74) is 2.02. The molecule has 31 heavy (non-hydrogen) atoms. The predicted octanol–water partition coefficient (Wildman–Crippen LogP) is 4.26. The van der Waals surface area contributed by atoms with E-state index in [1.165, 1.54) is 12.5 Å². The second kappa shape index (κ2) is 8.95. The quantitative estimate of drug-likeness (QED) is 0.455. The second-order valence-electron chi connectivity index (χ2n) is 7.45. The van der Waals surface area contributed by atoms with Crippen LogP contribution in [-0.4, -0.2) is 32.1 Å². The Labute approximate surface area is 179 Å². The maximum absolute atomic E-state index is 12.6. The molecule has 0 radical (unpaired) electrons. The topological polar surface area (TPSA) is 115 Å². The summed E-state index contributed by atoms with van der Waals surface area (Å²) in [6.45, 7) is 3.32. The molecule has 1 aliphatic heterocycles. The Morgan fingerprint density at radius 3 is 2.68 bits per heavy atom. The van der Waals surface area contributed by atoms with E-state index in [2.05, 4.69) is 25.4 Å². The molecule has 0 unspecified atom stereocenters. The number of nitrogens with one attached hydrogen (secondary N) is 2. The van der Waals surface area contributed by atoms with Crippen LogP contribution in [0, 0.1) is 10.1 Å². The number of amides is 1.